The van der Waals surface area contributed by atoms with Crippen LogP contribution in [0.1, 0.15) is 5.56 Å². The number of halogens is 3. The summed E-state index contributed by atoms with van der Waals surface area (Å²) in [4.78, 5) is 9.91. The van der Waals surface area contributed by atoms with E-state index >= 15 is 0 Å². The number of nitrogens with zero attached hydrogens (tertiary/aromatic N) is 1. The summed E-state index contributed by atoms with van der Waals surface area (Å²) >= 11 is 9.21. The number of benzene rings is 2. The molecule has 2 rings (SSSR count). The predicted molar refractivity (Wildman–Crippen MR) is 79.5 cm³/mol. The fourth-order valence-electron chi connectivity index (χ4n) is 1.65. The summed E-state index contributed by atoms with van der Waals surface area (Å²) in [6.45, 7) is 0.130. The number of hydrogen-bond acceptors (Lipinski definition) is 3. The summed E-state index contributed by atoms with van der Waals surface area (Å²) in [7, 11) is 0. The third-order valence-electron chi connectivity index (χ3n) is 2.66. The van der Waals surface area contributed by atoms with Crippen molar-refractivity contribution in [2.45, 2.75) is 6.54 Å². The second-order valence-corrected chi connectivity index (χ2v) is 5.25. The monoisotopic (exact) mass is 358 g/mol. The minimum absolute atomic E-state index is 0.130. The van der Waals surface area contributed by atoms with Gasteiger partial charge in [-0.2, -0.15) is 4.39 Å². The Bertz CT molecular complexity index is 667. The summed E-state index contributed by atoms with van der Waals surface area (Å²) in [5.41, 5.74) is 0.389. The van der Waals surface area contributed by atoms with Crippen LogP contribution >= 0.6 is 27.5 Å². The minimum Gasteiger partial charge on any atom is -0.381 e. The number of nitro benzene ring substituents is 1. The number of hydrogen-bond donors (Lipinski definition) is 1. The van der Waals surface area contributed by atoms with E-state index in [9.17, 15) is 14.5 Å². The molecule has 4 nitrogen and oxygen atoms in total. The molecule has 0 fully saturated rings. The topological polar surface area (TPSA) is 55.2 Å². The number of nitro groups is 1. The van der Waals surface area contributed by atoms with Crippen LogP contribution < -0.4 is 5.32 Å². The molecule has 2 aromatic rings. The summed E-state index contributed by atoms with van der Waals surface area (Å²) in [5, 5.41) is 14.1. The molecule has 0 unspecified atom stereocenters. The van der Waals surface area contributed by atoms with Crippen LogP contribution in [0.3, 0.4) is 0 Å². The lowest BCUT2D eigenvalue weighted by Gasteiger charge is -2.08. The van der Waals surface area contributed by atoms with Crippen LogP contribution in [0.15, 0.2) is 40.9 Å². The Balaban J connectivity index is 2.17. The van der Waals surface area contributed by atoms with Crippen molar-refractivity contribution in [1.82, 2.24) is 0 Å². The predicted octanol–water partition coefficient (Wildman–Crippen LogP) is 4.76. The Morgan fingerprint density at radius 3 is 2.75 bits per heavy atom. The van der Waals surface area contributed by atoms with Crippen molar-refractivity contribution in [3.05, 3.63) is 67.4 Å². The van der Waals surface area contributed by atoms with Crippen LogP contribution in [0.5, 0.6) is 0 Å². The van der Waals surface area contributed by atoms with Gasteiger partial charge in [-0.25, -0.2) is 0 Å². The molecular weight excluding hydrogens is 351 g/mol. The van der Waals surface area contributed by atoms with E-state index < -0.39 is 16.4 Å². The first kappa shape index (κ1) is 14.7. The summed E-state index contributed by atoms with van der Waals surface area (Å²) in [5.74, 6) is -0.826. The van der Waals surface area contributed by atoms with E-state index in [-0.39, 0.29) is 12.1 Å². The van der Waals surface area contributed by atoms with Crippen LogP contribution in [0.4, 0.5) is 15.8 Å². The van der Waals surface area contributed by atoms with Crippen molar-refractivity contribution in [2.75, 3.05) is 5.32 Å². The van der Waals surface area contributed by atoms with Gasteiger partial charge in [-0.3, -0.25) is 10.1 Å². The molecule has 1 N–H and O–H groups in total. The zero-order chi connectivity index (χ0) is 14.7. The fourth-order valence-corrected chi connectivity index (χ4v) is 2.07. The standard InChI is InChI=1S/C13H9BrClFN2O2/c14-10-5-4-9(6-11(10)15)17-7-8-2-1-3-12(13(8)16)18(19)20/h1-6,17H,7H2. The molecule has 0 aliphatic heterocycles. The number of anilines is 1. The van der Waals surface area contributed by atoms with Gasteiger partial charge in [-0.15, -0.1) is 0 Å². The van der Waals surface area contributed by atoms with Gasteiger partial charge in [0.1, 0.15) is 0 Å². The molecule has 0 radical (unpaired) electrons. The van der Waals surface area contributed by atoms with Gasteiger partial charge >= 0.3 is 5.69 Å². The summed E-state index contributed by atoms with van der Waals surface area (Å²) in [6.07, 6.45) is 0. The van der Waals surface area contributed by atoms with Crippen molar-refractivity contribution in [1.29, 1.82) is 0 Å². The molecule has 0 bridgehead atoms. The summed E-state index contributed by atoms with van der Waals surface area (Å²) in [6, 6.07) is 9.29. The molecule has 0 amide bonds. The molecule has 0 aliphatic rings. The molecule has 104 valence electrons. The first-order valence-electron chi connectivity index (χ1n) is 5.59. The smallest absolute Gasteiger partial charge is 0.305 e. The van der Waals surface area contributed by atoms with Crippen molar-refractivity contribution in [3.8, 4) is 0 Å². The second kappa shape index (κ2) is 6.19. The molecule has 0 heterocycles. The molecular formula is C13H9BrClFN2O2. The molecule has 0 aliphatic carbocycles. The van der Waals surface area contributed by atoms with Gasteiger partial charge in [0.15, 0.2) is 0 Å². The maximum Gasteiger partial charge on any atom is 0.305 e. The van der Waals surface area contributed by atoms with E-state index in [1.54, 1.807) is 18.2 Å². The van der Waals surface area contributed by atoms with Crippen molar-refractivity contribution in [2.24, 2.45) is 0 Å². The highest BCUT2D eigenvalue weighted by Gasteiger charge is 2.16. The first-order valence-corrected chi connectivity index (χ1v) is 6.77. The van der Waals surface area contributed by atoms with E-state index in [0.717, 1.165) is 10.5 Å². The van der Waals surface area contributed by atoms with Gasteiger partial charge in [0.2, 0.25) is 5.82 Å². The lowest BCUT2D eigenvalue weighted by molar-refractivity contribution is -0.387. The highest BCUT2D eigenvalue weighted by atomic mass is 79.9. The SMILES string of the molecule is O=[N+]([O-])c1cccc(CNc2ccc(Br)c(Cl)c2)c1F. The van der Waals surface area contributed by atoms with Crippen molar-refractivity contribution < 1.29 is 9.31 Å². The van der Waals surface area contributed by atoms with Gasteiger partial charge in [0, 0.05) is 28.3 Å². The number of rotatable bonds is 4. The Morgan fingerprint density at radius 2 is 2.10 bits per heavy atom. The van der Waals surface area contributed by atoms with Gasteiger partial charge in [0.05, 0.1) is 9.95 Å². The first-order chi connectivity index (χ1) is 9.49. The van der Waals surface area contributed by atoms with Crippen molar-refractivity contribution >= 4 is 38.9 Å². The lowest BCUT2D eigenvalue weighted by atomic mass is 10.2. The van der Waals surface area contributed by atoms with E-state index in [1.165, 1.54) is 12.1 Å². The maximum absolute atomic E-state index is 13.9. The Labute approximate surface area is 127 Å². The van der Waals surface area contributed by atoms with E-state index in [2.05, 4.69) is 21.2 Å². The molecule has 0 aromatic heterocycles. The highest BCUT2D eigenvalue weighted by Crippen LogP contribution is 2.26. The van der Waals surface area contributed by atoms with E-state index in [0.29, 0.717) is 10.7 Å². The molecule has 0 atom stereocenters. The number of nitrogens with one attached hydrogen (secondary N) is 1. The maximum atomic E-state index is 13.9. The van der Waals surface area contributed by atoms with Gasteiger partial charge in [-0.1, -0.05) is 23.7 Å². The Morgan fingerprint density at radius 1 is 1.35 bits per heavy atom. The quantitative estimate of drug-likeness (QED) is 0.632. The van der Waals surface area contributed by atoms with Crippen LogP contribution in [0, 0.1) is 15.9 Å². The van der Waals surface area contributed by atoms with Crippen LogP contribution in [0.2, 0.25) is 5.02 Å². The Hall–Kier alpha value is -1.66. The minimum atomic E-state index is -0.826. The van der Waals surface area contributed by atoms with Crippen LogP contribution in [0.25, 0.3) is 0 Å². The average molecular weight is 360 g/mol. The van der Waals surface area contributed by atoms with Gasteiger partial charge < -0.3 is 5.32 Å². The van der Waals surface area contributed by atoms with Crippen LogP contribution in [-0.2, 0) is 6.54 Å². The fraction of sp³-hybridized carbons (Fsp3) is 0.0769. The lowest BCUT2D eigenvalue weighted by Crippen LogP contribution is -2.04. The Kier molecular flexibility index (Phi) is 4.57. The summed E-state index contributed by atoms with van der Waals surface area (Å²) < 4.78 is 14.6. The van der Waals surface area contributed by atoms with Crippen molar-refractivity contribution in [3.63, 3.8) is 0 Å². The van der Waals surface area contributed by atoms with Crippen LogP contribution in [-0.4, -0.2) is 4.92 Å². The zero-order valence-corrected chi connectivity index (χ0v) is 12.4. The molecule has 20 heavy (non-hydrogen) atoms. The van der Waals surface area contributed by atoms with Gasteiger partial charge in [-0.05, 0) is 34.1 Å². The normalized spacial score (nSPS) is 10.3. The third-order valence-corrected chi connectivity index (χ3v) is 3.89. The van der Waals surface area contributed by atoms with E-state index in [1.807, 2.05) is 0 Å². The zero-order valence-electron chi connectivity index (χ0n) is 10.1. The highest BCUT2D eigenvalue weighted by molar-refractivity contribution is 9.10. The van der Waals surface area contributed by atoms with E-state index in [4.69, 9.17) is 11.6 Å². The molecule has 0 saturated heterocycles. The molecule has 7 heteroatoms. The molecule has 0 saturated carbocycles. The third kappa shape index (κ3) is 3.26. The van der Waals surface area contributed by atoms with Gasteiger partial charge in [0.25, 0.3) is 0 Å². The average Bonchev–Trinajstić information content (AvgIpc) is 2.41. The molecule has 2 aromatic carbocycles. The largest absolute Gasteiger partial charge is 0.381 e. The molecule has 0 spiro atoms. The second-order valence-electron chi connectivity index (χ2n) is 3.99.